The topological polar surface area (TPSA) is 53.9 Å². The minimum absolute atomic E-state index is 0.120. The summed E-state index contributed by atoms with van der Waals surface area (Å²) in [5.74, 6) is -0.907. The van der Waals surface area contributed by atoms with Crippen LogP contribution in [0, 0.1) is 0 Å². The Hall–Kier alpha value is -3.17. The zero-order valence-electron chi connectivity index (χ0n) is 17.1. The largest absolute Gasteiger partial charge is 0.478 e. The molecule has 3 heteroatoms. The molecule has 0 aliphatic heterocycles. The molecule has 0 aromatic heterocycles. The Bertz CT molecular complexity index is 1070. The van der Waals surface area contributed by atoms with Gasteiger partial charge in [-0.1, -0.05) is 61.5 Å². The number of aromatic carboxylic acids is 1. The molecular formula is C26H28NO2+. The summed E-state index contributed by atoms with van der Waals surface area (Å²) < 4.78 is 0. The highest BCUT2D eigenvalue weighted by molar-refractivity contribution is 5.90. The molecule has 29 heavy (non-hydrogen) atoms. The van der Waals surface area contributed by atoms with Gasteiger partial charge in [0, 0.05) is 11.0 Å². The monoisotopic (exact) mass is 386 g/mol. The van der Waals surface area contributed by atoms with Crippen LogP contribution < -0.4 is 5.32 Å². The van der Waals surface area contributed by atoms with Crippen molar-refractivity contribution in [2.45, 2.75) is 25.2 Å². The Kier molecular flexibility index (Phi) is 6.30. The third-order valence-electron chi connectivity index (χ3n) is 5.48. The smallest absolute Gasteiger partial charge is 0.335 e. The number of rotatable bonds is 8. The number of carbonyl (C=O) groups is 1. The lowest BCUT2D eigenvalue weighted by Crippen LogP contribution is -2.73. The van der Waals surface area contributed by atoms with Crippen LogP contribution in [0.2, 0.25) is 0 Å². The summed E-state index contributed by atoms with van der Waals surface area (Å²) in [7, 11) is 2.08. The average Bonchev–Trinajstić information content (AvgIpc) is 2.73. The van der Waals surface area contributed by atoms with E-state index in [1.54, 1.807) is 18.2 Å². The minimum Gasteiger partial charge on any atom is -0.478 e. The van der Waals surface area contributed by atoms with Crippen molar-refractivity contribution in [3.63, 3.8) is 0 Å². The summed E-state index contributed by atoms with van der Waals surface area (Å²) in [6.07, 6.45) is 7.81. The first-order valence-electron chi connectivity index (χ1n) is 9.91. The number of hydrogen-bond donors (Lipinski definition) is 2. The molecule has 0 amide bonds. The highest BCUT2D eigenvalue weighted by Crippen LogP contribution is 2.40. The van der Waals surface area contributed by atoms with Gasteiger partial charge in [-0.05, 0) is 53.4 Å². The second-order valence-corrected chi connectivity index (χ2v) is 7.63. The van der Waals surface area contributed by atoms with Crippen molar-refractivity contribution in [3.8, 4) is 0 Å². The molecular weight excluding hydrogens is 358 g/mol. The fourth-order valence-electron chi connectivity index (χ4n) is 4.04. The standard InChI is InChI=1S/C26H27NO2/c1-4-16-26(2,17-8-10-19-9-7-12-21(18-19)25(28)29)24-22-13-6-5-11-20(22)14-15-23(24)27-3/h4-15,18,27H,1,16-17H2,2-3H3,(H,28,29)/p+1/b10-8+. The molecule has 0 heterocycles. The third kappa shape index (κ3) is 4.47. The summed E-state index contributed by atoms with van der Waals surface area (Å²) >= 11 is 0. The number of hydrogen-bond acceptors (Lipinski definition) is 1. The lowest BCUT2D eigenvalue weighted by Gasteiger charge is -2.30. The van der Waals surface area contributed by atoms with Crippen LogP contribution in [-0.2, 0) is 5.41 Å². The highest BCUT2D eigenvalue weighted by Gasteiger charge is 2.30. The van der Waals surface area contributed by atoms with Gasteiger partial charge in [0.05, 0.1) is 12.6 Å². The quantitative estimate of drug-likeness (QED) is 0.408. The van der Waals surface area contributed by atoms with Gasteiger partial charge in [-0.25, -0.2) is 4.79 Å². The third-order valence-corrected chi connectivity index (χ3v) is 5.48. The highest BCUT2D eigenvalue weighted by atomic mass is 16.4. The summed E-state index contributed by atoms with van der Waals surface area (Å²) in [5, 5.41) is 13.9. The van der Waals surface area contributed by atoms with Crippen molar-refractivity contribution >= 4 is 28.5 Å². The van der Waals surface area contributed by atoms with Crippen molar-refractivity contribution in [1.82, 2.24) is 0 Å². The second-order valence-electron chi connectivity index (χ2n) is 7.63. The van der Waals surface area contributed by atoms with Gasteiger partial charge in [0.1, 0.15) is 5.69 Å². The van der Waals surface area contributed by atoms with E-state index in [4.69, 9.17) is 0 Å². The molecule has 0 bridgehead atoms. The zero-order valence-corrected chi connectivity index (χ0v) is 17.1. The van der Waals surface area contributed by atoms with E-state index in [0.717, 1.165) is 18.4 Å². The summed E-state index contributed by atoms with van der Waals surface area (Å²) in [5.41, 5.74) is 3.66. The Morgan fingerprint density at radius 2 is 1.90 bits per heavy atom. The van der Waals surface area contributed by atoms with E-state index in [-0.39, 0.29) is 5.41 Å². The van der Waals surface area contributed by atoms with Crippen LogP contribution >= 0.6 is 0 Å². The normalized spacial score (nSPS) is 13.4. The van der Waals surface area contributed by atoms with Crippen molar-refractivity contribution in [1.29, 1.82) is 0 Å². The molecule has 3 nitrogen and oxygen atoms in total. The molecule has 0 saturated heterocycles. The Morgan fingerprint density at radius 3 is 2.62 bits per heavy atom. The maximum atomic E-state index is 11.2. The van der Waals surface area contributed by atoms with Gasteiger partial charge in [0.2, 0.25) is 0 Å². The van der Waals surface area contributed by atoms with Gasteiger partial charge in [0.25, 0.3) is 0 Å². The van der Waals surface area contributed by atoms with Gasteiger partial charge in [-0.3, -0.25) is 0 Å². The predicted molar refractivity (Wildman–Crippen MR) is 121 cm³/mol. The Balaban J connectivity index is 2.01. The average molecular weight is 387 g/mol. The molecule has 3 aromatic carbocycles. The first kappa shape index (κ1) is 20.6. The zero-order chi connectivity index (χ0) is 20.9. The second kappa shape index (κ2) is 8.89. The van der Waals surface area contributed by atoms with Crippen molar-refractivity contribution in [3.05, 3.63) is 96.1 Å². The van der Waals surface area contributed by atoms with E-state index >= 15 is 0 Å². The Morgan fingerprint density at radius 1 is 1.10 bits per heavy atom. The Labute approximate surface area is 172 Å². The molecule has 0 radical (unpaired) electrons. The summed E-state index contributed by atoms with van der Waals surface area (Å²) in [6, 6.07) is 19.9. The van der Waals surface area contributed by atoms with Gasteiger partial charge >= 0.3 is 5.97 Å². The minimum atomic E-state index is -0.907. The van der Waals surface area contributed by atoms with Gasteiger partial charge in [0.15, 0.2) is 0 Å². The molecule has 1 unspecified atom stereocenters. The van der Waals surface area contributed by atoms with E-state index in [0.29, 0.717) is 5.56 Å². The van der Waals surface area contributed by atoms with Crippen LogP contribution in [0.25, 0.3) is 16.8 Å². The first-order chi connectivity index (χ1) is 14.0. The number of fused-ring (bicyclic) bond motifs is 1. The van der Waals surface area contributed by atoms with E-state index in [1.165, 1.54) is 22.0 Å². The molecule has 3 rings (SSSR count). The molecule has 3 aromatic rings. The fraction of sp³-hybridized carbons (Fsp3) is 0.192. The molecule has 0 fully saturated rings. The number of nitrogens with two attached hydrogens (primary N) is 1. The fourth-order valence-corrected chi connectivity index (χ4v) is 4.04. The van der Waals surface area contributed by atoms with Gasteiger partial charge in [-0.2, -0.15) is 0 Å². The van der Waals surface area contributed by atoms with Crippen LogP contribution in [-0.4, -0.2) is 18.1 Å². The van der Waals surface area contributed by atoms with Crippen LogP contribution in [0.3, 0.4) is 0 Å². The lowest BCUT2D eigenvalue weighted by atomic mass is 9.73. The lowest BCUT2D eigenvalue weighted by molar-refractivity contribution is -0.540. The summed E-state index contributed by atoms with van der Waals surface area (Å²) in [6.45, 7) is 6.28. The SMILES string of the molecule is C=CCC(C)(C/C=C/c1cccc(C(=O)O)c1)c1c([NH2+]C)ccc2ccccc12. The van der Waals surface area contributed by atoms with Crippen molar-refractivity contribution in [2.75, 3.05) is 7.05 Å². The summed E-state index contributed by atoms with van der Waals surface area (Å²) in [4.78, 5) is 11.2. The van der Waals surface area contributed by atoms with Gasteiger partial charge in [-0.15, -0.1) is 6.58 Å². The molecule has 0 aliphatic rings. The van der Waals surface area contributed by atoms with E-state index < -0.39 is 5.97 Å². The van der Waals surface area contributed by atoms with Crippen LogP contribution in [0.15, 0.2) is 79.4 Å². The molecule has 0 aliphatic carbocycles. The van der Waals surface area contributed by atoms with Crippen LogP contribution in [0.4, 0.5) is 5.69 Å². The molecule has 0 spiro atoms. The molecule has 3 N–H and O–H groups in total. The van der Waals surface area contributed by atoms with Crippen molar-refractivity contribution < 1.29 is 15.2 Å². The maximum Gasteiger partial charge on any atom is 0.335 e. The first-order valence-corrected chi connectivity index (χ1v) is 9.91. The van der Waals surface area contributed by atoms with Crippen molar-refractivity contribution in [2.24, 2.45) is 0 Å². The maximum absolute atomic E-state index is 11.2. The van der Waals surface area contributed by atoms with Crippen LogP contribution in [0.1, 0.15) is 41.3 Å². The van der Waals surface area contributed by atoms with Crippen LogP contribution in [0.5, 0.6) is 0 Å². The molecule has 0 saturated carbocycles. The predicted octanol–water partition coefficient (Wildman–Crippen LogP) is 5.30. The van der Waals surface area contributed by atoms with Gasteiger partial charge < -0.3 is 10.4 Å². The number of benzene rings is 3. The number of carboxylic acids is 1. The molecule has 148 valence electrons. The van der Waals surface area contributed by atoms with E-state index in [1.807, 2.05) is 18.2 Å². The number of quaternary nitrogens is 1. The molecule has 1 atom stereocenters. The van der Waals surface area contributed by atoms with E-state index in [9.17, 15) is 9.90 Å². The number of carboxylic acid groups (broad SMARTS) is 1. The number of allylic oxidation sites excluding steroid dienone is 2. The van der Waals surface area contributed by atoms with E-state index in [2.05, 4.69) is 68.3 Å².